The lowest BCUT2D eigenvalue weighted by molar-refractivity contribution is -0.128. The van der Waals surface area contributed by atoms with Crippen LogP contribution >= 0.6 is 0 Å². The van der Waals surface area contributed by atoms with Crippen LogP contribution in [0, 0.1) is 5.92 Å². The Bertz CT molecular complexity index is 724. The summed E-state index contributed by atoms with van der Waals surface area (Å²) in [4.78, 5) is 24.3. The zero-order valence-corrected chi connectivity index (χ0v) is 15.7. The Kier molecular flexibility index (Phi) is 6.96. The average molecular weight is 352 g/mol. The second kappa shape index (κ2) is 9.18. The molecule has 0 spiro atoms. The smallest absolute Gasteiger partial charge is 0.240 e. The molecular formula is C22H28N2O2. The third-order valence-electron chi connectivity index (χ3n) is 4.46. The van der Waals surface area contributed by atoms with E-state index in [0.29, 0.717) is 12.3 Å². The molecule has 0 saturated heterocycles. The van der Waals surface area contributed by atoms with Crippen molar-refractivity contribution >= 4 is 11.8 Å². The normalized spacial score (nSPS) is 13.2. The van der Waals surface area contributed by atoms with Crippen molar-refractivity contribution in [2.75, 3.05) is 0 Å². The molecule has 2 amide bonds. The highest BCUT2D eigenvalue weighted by atomic mass is 16.2. The molecule has 0 fully saturated rings. The number of carbonyl (C=O) groups is 2. The Morgan fingerprint density at radius 2 is 1.46 bits per heavy atom. The van der Waals surface area contributed by atoms with Gasteiger partial charge in [0.2, 0.25) is 11.8 Å². The Morgan fingerprint density at radius 3 is 2.00 bits per heavy atom. The highest BCUT2D eigenvalue weighted by molar-refractivity contribution is 5.89. The van der Waals surface area contributed by atoms with Crippen molar-refractivity contribution in [3.05, 3.63) is 71.3 Å². The van der Waals surface area contributed by atoms with E-state index in [1.165, 1.54) is 5.56 Å². The van der Waals surface area contributed by atoms with E-state index < -0.39 is 11.9 Å². The molecule has 3 N–H and O–H groups in total. The molecule has 26 heavy (non-hydrogen) atoms. The summed E-state index contributed by atoms with van der Waals surface area (Å²) < 4.78 is 0. The highest BCUT2D eigenvalue weighted by Crippen LogP contribution is 2.18. The molecule has 0 aliphatic rings. The molecule has 138 valence electrons. The summed E-state index contributed by atoms with van der Waals surface area (Å²) in [5, 5.41) is 2.80. The number of nitrogens with two attached hydrogens (primary N) is 1. The molecule has 0 aliphatic carbocycles. The van der Waals surface area contributed by atoms with Gasteiger partial charge < -0.3 is 11.1 Å². The van der Waals surface area contributed by atoms with Crippen LogP contribution in [0.3, 0.4) is 0 Å². The third-order valence-corrected chi connectivity index (χ3v) is 4.46. The largest absolute Gasteiger partial charge is 0.368 e. The van der Waals surface area contributed by atoms with Crippen molar-refractivity contribution in [2.24, 2.45) is 11.7 Å². The van der Waals surface area contributed by atoms with Crippen molar-refractivity contribution in [3.63, 3.8) is 0 Å². The first-order valence-electron chi connectivity index (χ1n) is 9.09. The van der Waals surface area contributed by atoms with Gasteiger partial charge in [0.25, 0.3) is 0 Å². The van der Waals surface area contributed by atoms with E-state index >= 15 is 0 Å². The maximum atomic E-state index is 12.6. The van der Waals surface area contributed by atoms with Crippen LogP contribution in [0.4, 0.5) is 0 Å². The van der Waals surface area contributed by atoms with Crippen LogP contribution in [0.15, 0.2) is 54.6 Å². The van der Waals surface area contributed by atoms with Crippen molar-refractivity contribution in [3.8, 4) is 0 Å². The molecule has 2 aromatic carbocycles. The molecule has 0 aromatic heterocycles. The summed E-state index contributed by atoms with van der Waals surface area (Å²) in [5.41, 5.74) is 8.63. The number of primary amides is 1. The third kappa shape index (κ3) is 5.73. The maximum Gasteiger partial charge on any atom is 0.240 e. The van der Waals surface area contributed by atoms with Crippen LogP contribution in [0.1, 0.15) is 43.4 Å². The predicted octanol–water partition coefficient (Wildman–Crippen LogP) is 3.20. The number of rotatable bonds is 8. The van der Waals surface area contributed by atoms with Crippen LogP contribution in [0.5, 0.6) is 0 Å². The van der Waals surface area contributed by atoms with Gasteiger partial charge in [0, 0.05) is 6.42 Å². The van der Waals surface area contributed by atoms with E-state index in [2.05, 4.69) is 31.3 Å². The minimum atomic E-state index is -0.715. The standard InChI is InChI=1S/C22H28N2O2/c1-15(2)13-18-9-11-19(12-10-18)16(3)22(26)24-20(21(23)25)14-17-7-5-4-6-8-17/h4-12,15-16,20H,13-14H2,1-3H3,(H2,23,25)(H,24,26)/t16-,20+/m0/s1. The fourth-order valence-electron chi connectivity index (χ4n) is 2.93. The lowest BCUT2D eigenvalue weighted by atomic mass is 9.95. The summed E-state index contributed by atoms with van der Waals surface area (Å²) in [7, 11) is 0. The van der Waals surface area contributed by atoms with E-state index in [9.17, 15) is 9.59 Å². The van der Waals surface area contributed by atoms with Gasteiger partial charge in [-0.3, -0.25) is 9.59 Å². The van der Waals surface area contributed by atoms with Gasteiger partial charge in [-0.05, 0) is 36.0 Å². The maximum absolute atomic E-state index is 12.6. The average Bonchev–Trinajstić information content (AvgIpc) is 2.61. The van der Waals surface area contributed by atoms with E-state index in [1.807, 2.05) is 49.4 Å². The first-order chi connectivity index (χ1) is 12.4. The molecule has 0 heterocycles. The second-order valence-corrected chi connectivity index (χ2v) is 7.21. The van der Waals surface area contributed by atoms with Crippen molar-refractivity contribution in [1.29, 1.82) is 0 Å². The molecule has 0 radical (unpaired) electrons. The van der Waals surface area contributed by atoms with Gasteiger partial charge in [0.05, 0.1) is 5.92 Å². The fourth-order valence-corrected chi connectivity index (χ4v) is 2.93. The fraction of sp³-hybridized carbons (Fsp3) is 0.364. The lowest BCUT2D eigenvalue weighted by Crippen LogP contribution is -2.47. The molecule has 2 aromatic rings. The number of hydrogen-bond acceptors (Lipinski definition) is 2. The SMILES string of the molecule is CC(C)Cc1ccc([C@H](C)C(=O)N[C@H](Cc2ccccc2)C(N)=O)cc1. The molecule has 0 aliphatic heterocycles. The number of carbonyl (C=O) groups excluding carboxylic acids is 2. The molecule has 4 nitrogen and oxygen atoms in total. The van der Waals surface area contributed by atoms with E-state index in [1.54, 1.807) is 0 Å². The minimum Gasteiger partial charge on any atom is -0.368 e. The van der Waals surface area contributed by atoms with Crippen LogP contribution < -0.4 is 11.1 Å². The molecular weight excluding hydrogens is 324 g/mol. The first kappa shape index (κ1) is 19.7. The Balaban J connectivity index is 2.02. The van der Waals surface area contributed by atoms with Gasteiger partial charge in [0.1, 0.15) is 6.04 Å². The zero-order valence-electron chi connectivity index (χ0n) is 15.7. The lowest BCUT2D eigenvalue weighted by Gasteiger charge is -2.19. The minimum absolute atomic E-state index is 0.193. The summed E-state index contributed by atoms with van der Waals surface area (Å²) in [6.07, 6.45) is 1.41. The predicted molar refractivity (Wildman–Crippen MR) is 105 cm³/mol. The molecule has 4 heteroatoms. The van der Waals surface area contributed by atoms with Gasteiger partial charge in [-0.15, -0.1) is 0 Å². The monoisotopic (exact) mass is 352 g/mol. The molecule has 0 unspecified atom stereocenters. The number of amides is 2. The Hall–Kier alpha value is -2.62. The van der Waals surface area contributed by atoms with E-state index in [-0.39, 0.29) is 11.8 Å². The van der Waals surface area contributed by atoms with E-state index in [4.69, 9.17) is 5.73 Å². The summed E-state index contributed by atoms with van der Waals surface area (Å²) in [6.45, 7) is 6.20. The van der Waals surface area contributed by atoms with Crippen LogP contribution in [0.25, 0.3) is 0 Å². The van der Waals surface area contributed by atoms with Crippen molar-refractivity contribution in [2.45, 2.75) is 45.6 Å². The summed E-state index contributed by atoms with van der Waals surface area (Å²) >= 11 is 0. The van der Waals surface area contributed by atoms with E-state index in [0.717, 1.165) is 17.5 Å². The summed E-state index contributed by atoms with van der Waals surface area (Å²) in [6, 6.07) is 16.9. The van der Waals surface area contributed by atoms with Gasteiger partial charge in [-0.25, -0.2) is 0 Å². The second-order valence-electron chi connectivity index (χ2n) is 7.21. The van der Waals surface area contributed by atoms with Crippen LogP contribution in [0.2, 0.25) is 0 Å². The van der Waals surface area contributed by atoms with Gasteiger partial charge >= 0.3 is 0 Å². The highest BCUT2D eigenvalue weighted by Gasteiger charge is 2.22. The quantitative estimate of drug-likeness (QED) is 0.766. The molecule has 0 saturated carbocycles. The topological polar surface area (TPSA) is 72.2 Å². The Labute approximate surface area is 155 Å². The molecule has 2 rings (SSSR count). The number of benzene rings is 2. The van der Waals surface area contributed by atoms with Crippen LogP contribution in [-0.4, -0.2) is 17.9 Å². The number of hydrogen-bond donors (Lipinski definition) is 2. The van der Waals surface area contributed by atoms with Gasteiger partial charge in [-0.1, -0.05) is 68.4 Å². The molecule has 0 bridgehead atoms. The first-order valence-corrected chi connectivity index (χ1v) is 9.09. The van der Waals surface area contributed by atoms with Gasteiger partial charge in [-0.2, -0.15) is 0 Å². The number of nitrogens with one attached hydrogen (secondary N) is 1. The van der Waals surface area contributed by atoms with Gasteiger partial charge in [0.15, 0.2) is 0 Å². The van der Waals surface area contributed by atoms with Crippen molar-refractivity contribution < 1.29 is 9.59 Å². The van der Waals surface area contributed by atoms with Crippen LogP contribution in [-0.2, 0) is 22.4 Å². The van der Waals surface area contributed by atoms with Crippen molar-refractivity contribution in [1.82, 2.24) is 5.32 Å². The Morgan fingerprint density at radius 1 is 0.885 bits per heavy atom. The zero-order chi connectivity index (χ0) is 19.1. The molecule has 2 atom stereocenters. The summed E-state index contributed by atoms with van der Waals surface area (Å²) in [5.74, 6) is -0.473.